The van der Waals surface area contributed by atoms with Crippen LogP contribution >= 0.6 is 0 Å². The van der Waals surface area contributed by atoms with Gasteiger partial charge < -0.3 is 14.7 Å². The largest absolute Gasteiger partial charge is 0.491 e. The Kier molecular flexibility index (Phi) is 6.36. The fourth-order valence-corrected chi connectivity index (χ4v) is 3.71. The second-order valence-electron chi connectivity index (χ2n) is 7.32. The lowest BCUT2D eigenvalue weighted by molar-refractivity contribution is -0.137. The molecule has 1 aromatic carbocycles. The molecule has 0 aliphatic carbocycles. The molecule has 1 N–H and O–H groups in total. The number of carbonyl (C=O) groups excluding carboxylic acids is 2. The van der Waals surface area contributed by atoms with Crippen LogP contribution in [0.3, 0.4) is 0 Å². The van der Waals surface area contributed by atoms with Gasteiger partial charge in [0.15, 0.2) is 0 Å². The molecule has 0 radical (unpaired) electrons. The van der Waals surface area contributed by atoms with Gasteiger partial charge in [-0.2, -0.15) is 0 Å². The molecule has 2 amide bonds. The summed E-state index contributed by atoms with van der Waals surface area (Å²) in [5.74, 6) is 0.279. The smallest absolute Gasteiger partial charge is 0.277 e. The number of nitrogens with zero attached hydrogens (tertiary/aromatic N) is 3. The summed E-state index contributed by atoms with van der Waals surface area (Å²) in [6.07, 6.45) is 0.0705. The zero-order valence-corrected chi connectivity index (χ0v) is 16.9. The normalized spacial score (nSPS) is 18.6. The number of amides is 2. The van der Waals surface area contributed by atoms with E-state index in [2.05, 4.69) is 4.90 Å². The van der Waals surface area contributed by atoms with Crippen LogP contribution in [-0.4, -0.2) is 83.6 Å². The van der Waals surface area contributed by atoms with E-state index in [1.165, 1.54) is 4.90 Å². The highest BCUT2D eigenvalue weighted by Gasteiger charge is 2.41. The molecule has 7 nitrogen and oxygen atoms in total. The monoisotopic (exact) mass is 387 g/mol. The quantitative estimate of drug-likeness (QED) is 0.709. The van der Waals surface area contributed by atoms with Crippen molar-refractivity contribution < 1.29 is 19.4 Å². The van der Waals surface area contributed by atoms with E-state index in [0.717, 1.165) is 24.4 Å². The van der Waals surface area contributed by atoms with Gasteiger partial charge in [-0.1, -0.05) is 12.1 Å². The average molecular weight is 387 g/mol. The molecular formula is C21H29N3O4. The summed E-state index contributed by atoms with van der Waals surface area (Å²) in [6.45, 7) is 9.67. The topological polar surface area (TPSA) is 73.3 Å². The van der Waals surface area contributed by atoms with Crippen molar-refractivity contribution in [3.63, 3.8) is 0 Å². The molecule has 2 heterocycles. The number of hydrogen-bond donors (Lipinski definition) is 1. The van der Waals surface area contributed by atoms with Crippen molar-refractivity contribution in [2.75, 3.05) is 45.9 Å². The van der Waals surface area contributed by atoms with E-state index < -0.39 is 0 Å². The van der Waals surface area contributed by atoms with Crippen molar-refractivity contribution in [1.29, 1.82) is 0 Å². The van der Waals surface area contributed by atoms with Crippen LogP contribution in [0.4, 0.5) is 0 Å². The molecule has 0 unspecified atom stereocenters. The van der Waals surface area contributed by atoms with Crippen molar-refractivity contribution in [2.45, 2.75) is 26.9 Å². The standard InChI is InChI=1S/C21H29N3O4/c1-4-24-20(26)18(16-5-7-17(8-6-16)28-15(2)3)19(21(24)27)23-11-9-22(10-12-23)13-14-25/h5-8,15,25H,4,9-14H2,1-3H3. The number of aliphatic hydroxyl groups is 1. The van der Waals surface area contributed by atoms with Crippen LogP contribution in [-0.2, 0) is 9.59 Å². The van der Waals surface area contributed by atoms with E-state index in [4.69, 9.17) is 9.84 Å². The predicted octanol–water partition coefficient (Wildman–Crippen LogP) is 1.18. The van der Waals surface area contributed by atoms with Gasteiger partial charge in [0.2, 0.25) is 0 Å². The van der Waals surface area contributed by atoms with Crippen LogP contribution < -0.4 is 4.74 Å². The minimum atomic E-state index is -0.238. The number of benzene rings is 1. The highest BCUT2D eigenvalue weighted by atomic mass is 16.5. The Labute approximate surface area is 166 Å². The van der Waals surface area contributed by atoms with Crippen LogP contribution in [0, 0.1) is 0 Å². The maximum Gasteiger partial charge on any atom is 0.277 e. The minimum absolute atomic E-state index is 0.0705. The lowest BCUT2D eigenvalue weighted by Gasteiger charge is -2.36. The molecule has 0 bridgehead atoms. The minimum Gasteiger partial charge on any atom is -0.491 e. The Morgan fingerprint density at radius 3 is 2.21 bits per heavy atom. The second kappa shape index (κ2) is 8.75. The van der Waals surface area contributed by atoms with Crippen LogP contribution in [0.5, 0.6) is 5.75 Å². The van der Waals surface area contributed by atoms with Gasteiger partial charge >= 0.3 is 0 Å². The molecule has 2 aliphatic rings. The number of piperazine rings is 1. The third-order valence-electron chi connectivity index (χ3n) is 5.08. The maximum atomic E-state index is 13.0. The van der Waals surface area contributed by atoms with Crippen LogP contribution in [0.25, 0.3) is 5.57 Å². The lowest BCUT2D eigenvalue weighted by atomic mass is 10.0. The van der Waals surface area contributed by atoms with Crippen molar-refractivity contribution in [2.24, 2.45) is 0 Å². The van der Waals surface area contributed by atoms with Crippen molar-refractivity contribution in [1.82, 2.24) is 14.7 Å². The van der Waals surface area contributed by atoms with Crippen LogP contribution in [0.1, 0.15) is 26.3 Å². The number of carbonyl (C=O) groups is 2. The molecule has 1 saturated heterocycles. The van der Waals surface area contributed by atoms with Gasteiger partial charge in [0.05, 0.1) is 18.3 Å². The third kappa shape index (κ3) is 4.05. The van der Waals surface area contributed by atoms with Gasteiger partial charge in [-0.3, -0.25) is 19.4 Å². The first-order valence-corrected chi connectivity index (χ1v) is 9.92. The highest BCUT2D eigenvalue weighted by molar-refractivity contribution is 6.35. The molecule has 0 saturated carbocycles. The second-order valence-corrected chi connectivity index (χ2v) is 7.32. The summed E-state index contributed by atoms with van der Waals surface area (Å²) in [6, 6.07) is 7.37. The fraction of sp³-hybridized carbons (Fsp3) is 0.524. The molecule has 3 rings (SSSR count). The predicted molar refractivity (Wildman–Crippen MR) is 107 cm³/mol. The number of aliphatic hydroxyl groups excluding tert-OH is 1. The van der Waals surface area contributed by atoms with Gasteiger partial charge in [-0.05, 0) is 38.5 Å². The van der Waals surface area contributed by atoms with E-state index in [1.807, 2.05) is 49.9 Å². The zero-order valence-electron chi connectivity index (χ0n) is 16.9. The first-order chi connectivity index (χ1) is 13.5. The van der Waals surface area contributed by atoms with Crippen LogP contribution in [0.2, 0.25) is 0 Å². The van der Waals surface area contributed by atoms with E-state index in [1.54, 1.807) is 0 Å². The lowest BCUT2D eigenvalue weighted by Crippen LogP contribution is -2.48. The molecule has 0 spiro atoms. The number of rotatable bonds is 7. The Morgan fingerprint density at radius 2 is 1.68 bits per heavy atom. The van der Waals surface area contributed by atoms with Crippen LogP contribution in [0.15, 0.2) is 30.0 Å². The molecular weight excluding hydrogens is 358 g/mol. The molecule has 2 aliphatic heterocycles. The highest BCUT2D eigenvalue weighted by Crippen LogP contribution is 2.33. The average Bonchev–Trinajstić information content (AvgIpc) is 2.93. The summed E-state index contributed by atoms with van der Waals surface area (Å²) in [5.41, 5.74) is 1.70. The molecule has 152 valence electrons. The Bertz CT molecular complexity index is 749. The van der Waals surface area contributed by atoms with Crippen molar-refractivity contribution in [3.8, 4) is 5.75 Å². The van der Waals surface area contributed by atoms with Crippen molar-refractivity contribution >= 4 is 17.4 Å². The molecule has 28 heavy (non-hydrogen) atoms. The van der Waals surface area contributed by atoms with Gasteiger partial charge in [0.25, 0.3) is 11.8 Å². The number of ether oxygens (including phenoxy) is 1. The van der Waals surface area contributed by atoms with E-state index >= 15 is 0 Å². The number of imide groups is 1. The summed E-state index contributed by atoms with van der Waals surface area (Å²) >= 11 is 0. The summed E-state index contributed by atoms with van der Waals surface area (Å²) < 4.78 is 5.69. The molecule has 0 atom stereocenters. The summed E-state index contributed by atoms with van der Waals surface area (Å²) in [7, 11) is 0. The van der Waals surface area contributed by atoms with E-state index in [0.29, 0.717) is 37.4 Å². The van der Waals surface area contributed by atoms with E-state index in [-0.39, 0.29) is 24.5 Å². The first-order valence-electron chi connectivity index (χ1n) is 9.92. The molecule has 1 fully saturated rings. The van der Waals surface area contributed by atoms with Crippen molar-refractivity contribution in [3.05, 3.63) is 35.5 Å². The van der Waals surface area contributed by atoms with Gasteiger partial charge in [0.1, 0.15) is 11.4 Å². The number of β-amino-alcohol motifs (C(OH)–C–C–N with tert-alkyl or cyclic N) is 1. The Balaban J connectivity index is 1.91. The molecule has 7 heteroatoms. The van der Waals surface area contributed by atoms with Gasteiger partial charge in [-0.25, -0.2) is 0 Å². The summed E-state index contributed by atoms with van der Waals surface area (Å²) in [5, 5.41) is 9.13. The number of hydrogen-bond acceptors (Lipinski definition) is 6. The maximum absolute atomic E-state index is 13.0. The molecule has 1 aromatic rings. The first kappa shape index (κ1) is 20.4. The Hall–Kier alpha value is -2.38. The Morgan fingerprint density at radius 1 is 1.04 bits per heavy atom. The fourth-order valence-electron chi connectivity index (χ4n) is 3.71. The molecule has 0 aromatic heterocycles. The SMILES string of the molecule is CCN1C(=O)C(c2ccc(OC(C)C)cc2)=C(N2CCN(CCO)CC2)C1=O. The summed E-state index contributed by atoms with van der Waals surface area (Å²) in [4.78, 5) is 31.4. The third-order valence-corrected chi connectivity index (χ3v) is 5.08. The number of likely N-dealkylation sites (N-methyl/N-ethyl adjacent to an activating group) is 1. The van der Waals surface area contributed by atoms with Gasteiger partial charge in [-0.15, -0.1) is 0 Å². The van der Waals surface area contributed by atoms with Gasteiger partial charge in [0, 0.05) is 39.3 Å². The van der Waals surface area contributed by atoms with E-state index in [9.17, 15) is 9.59 Å². The zero-order chi connectivity index (χ0) is 20.3.